The van der Waals surface area contributed by atoms with Gasteiger partial charge in [0, 0.05) is 26.2 Å². The molecule has 0 fully saturated rings. The fourth-order valence-corrected chi connectivity index (χ4v) is 2.36. The summed E-state index contributed by atoms with van der Waals surface area (Å²) in [6.07, 6.45) is 6.64. The normalized spacial score (nSPS) is 17.6. The van der Waals surface area contributed by atoms with Crippen molar-refractivity contribution < 1.29 is 0 Å². The summed E-state index contributed by atoms with van der Waals surface area (Å²) in [5.74, 6) is 0.913. The molecular formula is C14H28N4. The fraction of sp³-hybridized carbons (Fsp3) is 0.786. The monoisotopic (exact) mass is 252 g/mol. The van der Waals surface area contributed by atoms with E-state index in [1.165, 1.54) is 0 Å². The van der Waals surface area contributed by atoms with E-state index >= 15 is 0 Å². The molecule has 0 aliphatic heterocycles. The molecule has 0 unspecified atom stereocenters. The second-order valence-electron chi connectivity index (χ2n) is 6.11. The maximum Gasteiger partial charge on any atom is 0.191 e. The topological polar surface area (TPSA) is 39.7 Å². The molecule has 4 heteroatoms. The van der Waals surface area contributed by atoms with Gasteiger partial charge >= 0.3 is 0 Å². The van der Waals surface area contributed by atoms with Crippen LogP contribution in [-0.2, 0) is 0 Å². The van der Waals surface area contributed by atoms with Gasteiger partial charge in [0.2, 0.25) is 0 Å². The molecule has 0 bridgehead atoms. The second kappa shape index (κ2) is 6.78. The van der Waals surface area contributed by atoms with Gasteiger partial charge in [-0.05, 0) is 32.4 Å². The maximum atomic E-state index is 4.29. The van der Waals surface area contributed by atoms with E-state index in [1.54, 1.807) is 0 Å². The predicted molar refractivity (Wildman–Crippen MR) is 79.0 cm³/mol. The summed E-state index contributed by atoms with van der Waals surface area (Å²) in [5, 5.41) is 6.88. The lowest BCUT2D eigenvalue weighted by atomic mass is 9.93. The molecule has 18 heavy (non-hydrogen) atoms. The first-order valence-corrected chi connectivity index (χ1v) is 6.70. The van der Waals surface area contributed by atoms with Gasteiger partial charge in [-0.15, -0.1) is 0 Å². The number of guanidine groups is 1. The smallest absolute Gasteiger partial charge is 0.191 e. The van der Waals surface area contributed by atoms with E-state index < -0.39 is 0 Å². The number of nitrogens with zero attached hydrogens (tertiary/aromatic N) is 2. The van der Waals surface area contributed by atoms with Crippen LogP contribution in [-0.4, -0.2) is 51.1 Å². The molecule has 104 valence electrons. The highest BCUT2D eigenvalue weighted by Crippen LogP contribution is 2.14. The van der Waals surface area contributed by atoms with Crippen LogP contribution < -0.4 is 10.6 Å². The van der Waals surface area contributed by atoms with Gasteiger partial charge < -0.3 is 15.5 Å². The van der Waals surface area contributed by atoms with Crippen molar-refractivity contribution in [3.8, 4) is 0 Å². The van der Waals surface area contributed by atoms with Crippen LogP contribution in [0.4, 0.5) is 0 Å². The highest BCUT2D eigenvalue weighted by Gasteiger charge is 2.20. The first-order chi connectivity index (χ1) is 8.43. The number of nitrogens with one attached hydrogen (secondary N) is 2. The van der Waals surface area contributed by atoms with Crippen molar-refractivity contribution in [3.63, 3.8) is 0 Å². The van der Waals surface area contributed by atoms with Crippen LogP contribution >= 0.6 is 0 Å². The molecule has 0 radical (unpaired) electrons. The Labute approximate surface area is 112 Å². The zero-order chi connectivity index (χ0) is 13.6. The summed E-state index contributed by atoms with van der Waals surface area (Å²) in [6, 6.07) is 0.508. The molecule has 2 N–H and O–H groups in total. The van der Waals surface area contributed by atoms with Crippen molar-refractivity contribution in [2.45, 2.75) is 32.7 Å². The van der Waals surface area contributed by atoms with Crippen LogP contribution in [0.5, 0.6) is 0 Å². The van der Waals surface area contributed by atoms with E-state index in [-0.39, 0.29) is 5.41 Å². The number of hydrogen-bond acceptors (Lipinski definition) is 2. The van der Waals surface area contributed by atoms with E-state index in [1.807, 2.05) is 7.05 Å². The van der Waals surface area contributed by atoms with Gasteiger partial charge in [0.1, 0.15) is 0 Å². The third-order valence-corrected chi connectivity index (χ3v) is 3.05. The summed E-state index contributed by atoms with van der Waals surface area (Å²) in [7, 11) is 6.05. The molecule has 0 atom stereocenters. The van der Waals surface area contributed by atoms with Crippen molar-refractivity contribution in [1.29, 1.82) is 0 Å². The summed E-state index contributed by atoms with van der Waals surface area (Å²) in [4.78, 5) is 6.51. The van der Waals surface area contributed by atoms with Crippen molar-refractivity contribution in [2.75, 3.05) is 34.2 Å². The maximum absolute atomic E-state index is 4.29. The molecular weight excluding hydrogens is 224 g/mol. The highest BCUT2D eigenvalue weighted by atomic mass is 15.2. The minimum atomic E-state index is 0.231. The third-order valence-electron chi connectivity index (χ3n) is 3.05. The predicted octanol–water partition coefficient (Wildman–Crippen LogP) is 1.46. The van der Waals surface area contributed by atoms with E-state index in [0.29, 0.717) is 6.04 Å². The van der Waals surface area contributed by atoms with Crippen LogP contribution in [0.1, 0.15) is 26.7 Å². The SMILES string of the molecule is CN=C(NCC(C)(C)CN(C)C)NC1CC=CC1. The quantitative estimate of drug-likeness (QED) is 0.442. The van der Waals surface area contributed by atoms with Gasteiger partial charge in [0.05, 0.1) is 0 Å². The Kier molecular flexibility index (Phi) is 5.66. The van der Waals surface area contributed by atoms with Crippen LogP contribution in [0.3, 0.4) is 0 Å². The first kappa shape index (κ1) is 15.0. The Morgan fingerprint density at radius 1 is 1.33 bits per heavy atom. The largest absolute Gasteiger partial charge is 0.356 e. The van der Waals surface area contributed by atoms with Crippen LogP contribution in [0, 0.1) is 5.41 Å². The lowest BCUT2D eigenvalue weighted by Gasteiger charge is -2.29. The molecule has 1 aliphatic rings. The van der Waals surface area contributed by atoms with Crippen molar-refractivity contribution in [2.24, 2.45) is 10.4 Å². The highest BCUT2D eigenvalue weighted by molar-refractivity contribution is 5.80. The van der Waals surface area contributed by atoms with Crippen LogP contribution in [0.2, 0.25) is 0 Å². The van der Waals surface area contributed by atoms with Crippen molar-refractivity contribution >= 4 is 5.96 Å². The van der Waals surface area contributed by atoms with Crippen LogP contribution in [0.15, 0.2) is 17.1 Å². The molecule has 0 spiro atoms. The van der Waals surface area contributed by atoms with Gasteiger partial charge in [0.25, 0.3) is 0 Å². The molecule has 4 nitrogen and oxygen atoms in total. The van der Waals surface area contributed by atoms with E-state index in [0.717, 1.165) is 31.9 Å². The Morgan fingerprint density at radius 3 is 2.44 bits per heavy atom. The minimum absolute atomic E-state index is 0.231. The third kappa shape index (κ3) is 5.54. The Balaban J connectivity index is 2.35. The molecule has 1 rings (SSSR count). The van der Waals surface area contributed by atoms with Gasteiger partial charge in [-0.1, -0.05) is 26.0 Å². The van der Waals surface area contributed by atoms with Gasteiger partial charge in [0.15, 0.2) is 5.96 Å². The van der Waals surface area contributed by atoms with Gasteiger partial charge in [-0.2, -0.15) is 0 Å². The van der Waals surface area contributed by atoms with E-state index in [9.17, 15) is 0 Å². The molecule has 1 aliphatic carbocycles. The average Bonchev–Trinajstić information content (AvgIpc) is 2.75. The number of aliphatic imine (C=N–C) groups is 1. The van der Waals surface area contributed by atoms with Gasteiger partial charge in [-0.3, -0.25) is 4.99 Å². The van der Waals surface area contributed by atoms with E-state index in [4.69, 9.17) is 0 Å². The zero-order valence-electron chi connectivity index (χ0n) is 12.5. The first-order valence-electron chi connectivity index (χ1n) is 6.70. The Hall–Kier alpha value is -1.03. The second-order valence-corrected chi connectivity index (χ2v) is 6.11. The lowest BCUT2D eigenvalue weighted by Crippen LogP contribution is -2.47. The lowest BCUT2D eigenvalue weighted by molar-refractivity contribution is 0.241. The Bertz CT molecular complexity index is 297. The molecule has 0 saturated heterocycles. The summed E-state index contributed by atoms with van der Waals surface area (Å²) in [5.41, 5.74) is 0.231. The van der Waals surface area contributed by atoms with Gasteiger partial charge in [-0.25, -0.2) is 0 Å². The van der Waals surface area contributed by atoms with Crippen LogP contribution in [0.25, 0.3) is 0 Å². The number of rotatable bonds is 5. The molecule has 0 heterocycles. The summed E-state index contributed by atoms with van der Waals surface area (Å²) in [6.45, 7) is 6.52. The molecule has 0 amide bonds. The van der Waals surface area contributed by atoms with Crippen molar-refractivity contribution in [1.82, 2.24) is 15.5 Å². The van der Waals surface area contributed by atoms with E-state index in [2.05, 4.69) is 60.6 Å². The minimum Gasteiger partial charge on any atom is -0.356 e. The standard InChI is InChI=1S/C14H28N4/c1-14(2,11-18(4)5)10-16-13(15-3)17-12-8-6-7-9-12/h6-7,12H,8-11H2,1-5H3,(H2,15,16,17). The fourth-order valence-electron chi connectivity index (χ4n) is 2.36. The molecule has 0 saturated carbocycles. The Morgan fingerprint density at radius 2 is 1.94 bits per heavy atom. The number of hydrogen-bond donors (Lipinski definition) is 2. The zero-order valence-corrected chi connectivity index (χ0v) is 12.5. The summed E-state index contributed by atoms with van der Waals surface area (Å²) >= 11 is 0. The summed E-state index contributed by atoms with van der Waals surface area (Å²) < 4.78 is 0. The molecule has 0 aromatic carbocycles. The average molecular weight is 252 g/mol. The van der Waals surface area contributed by atoms with Crippen molar-refractivity contribution in [3.05, 3.63) is 12.2 Å². The molecule has 0 aromatic heterocycles. The molecule has 0 aromatic rings.